The number of hydrogen-bond acceptors (Lipinski definition) is 3. The predicted molar refractivity (Wildman–Crippen MR) is 151 cm³/mol. The number of rotatable bonds is 10. The summed E-state index contributed by atoms with van der Waals surface area (Å²) in [5.41, 5.74) is 1.14. The normalized spacial score (nSPS) is 28.9. The summed E-state index contributed by atoms with van der Waals surface area (Å²) in [4.78, 5) is 0. The van der Waals surface area contributed by atoms with Crippen molar-refractivity contribution in [3.63, 3.8) is 0 Å². The van der Waals surface area contributed by atoms with E-state index < -0.39 is 35.7 Å². The van der Waals surface area contributed by atoms with Crippen molar-refractivity contribution in [2.45, 2.75) is 102 Å². The highest BCUT2D eigenvalue weighted by molar-refractivity contribution is 5.29. The number of halogens is 5. The van der Waals surface area contributed by atoms with Crippen LogP contribution in [0.25, 0.3) is 0 Å². The summed E-state index contributed by atoms with van der Waals surface area (Å²) in [6.45, 7) is 3.48. The molecule has 0 aromatic heterocycles. The summed E-state index contributed by atoms with van der Waals surface area (Å²) in [6.07, 6.45) is 7.18. The number of hydrogen-bond donors (Lipinski definition) is 0. The zero-order valence-electron chi connectivity index (χ0n) is 24.4. The third-order valence-electron chi connectivity index (χ3n) is 9.78. The molecule has 0 unspecified atom stereocenters. The third kappa shape index (κ3) is 7.65. The van der Waals surface area contributed by atoms with Crippen molar-refractivity contribution in [2.24, 2.45) is 23.7 Å². The minimum Gasteiger partial charge on any atom is -0.432 e. The lowest BCUT2D eigenvalue weighted by molar-refractivity contribution is -0.222. The molecule has 1 heterocycles. The summed E-state index contributed by atoms with van der Waals surface area (Å²) in [7, 11) is 0. The Hall–Kier alpha value is -2.19. The molecule has 3 fully saturated rings. The molecule has 0 atom stereocenters. The summed E-state index contributed by atoms with van der Waals surface area (Å²) in [5, 5.41) is 0. The van der Waals surface area contributed by atoms with Crippen molar-refractivity contribution in [1.82, 2.24) is 0 Å². The summed E-state index contributed by atoms with van der Waals surface area (Å²) in [5.74, 6) is -2.61. The predicted octanol–water partition coefficient (Wildman–Crippen LogP) is 10.1. The van der Waals surface area contributed by atoms with E-state index in [0.29, 0.717) is 55.1 Å². The number of ether oxygens (including phenoxy) is 3. The van der Waals surface area contributed by atoms with Crippen molar-refractivity contribution < 1.29 is 36.2 Å². The first-order valence-corrected chi connectivity index (χ1v) is 15.8. The van der Waals surface area contributed by atoms with Gasteiger partial charge in [-0.05, 0) is 80.0 Å². The van der Waals surface area contributed by atoms with Gasteiger partial charge in [0, 0.05) is 17.5 Å². The van der Waals surface area contributed by atoms with Crippen molar-refractivity contribution in [1.29, 1.82) is 0 Å². The van der Waals surface area contributed by atoms with E-state index in [0.717, 1.165) is 18.1 Å². The lowest BCUT2D eigenvalue weighted by atomic mass is 9.74. The van der Waals surface area contributed by atoms with Gasteiger partial charge < -0.3 is 14.2 Å². The first-order chi connectivity index (χ1) is 20.2. The van der Waals surface area contributed by atoms with Gasteiger partial charge >= 0.3 is 6.11 Å². The molecule has 3 aliphatic rings. The molecule has 2 saturated carbocycles. The second-order valence-electron chi connectivity index (χ2n) is 12.6. The fourth-order valence-electron chi connectivity index (χ4n) is 7.16. The lowest BCUT2D eigenvalue weighted by Gasteiger charge is -2.38. The molecule has 0 bridgehead atoms. The van der Waals surface area contributed by atoms with Gasteiger partial charge in [-0.25, -0.2) is 13.2 Å². The van der Waals surface area contributed by atoms with Crippen LogP contribution in [-0.2, 0) is 9.47 Å². The summed E-state index contributed by atoms with van der Waals surface area (Å²) >= 11 is 0. The van der Waals surface area contributed by atoms with Crippen LogP contribution in [0.4, 0.5) is 22.0 Å². The Morgan fingerprint density at radius 2 is 1.48 bits per heavy atom. The number of benzene rings is 2. The molecule has 0 spiro atoms. The molecule has 2 aromatic carbocycles. The minimum atomic E-state index is -3.54. The van der Waals surface area contributed by atoms with E-state index >= 15 is 4.39 Å². The topological polar surface area (TPSA) is 27.7 Å². The first-order valence-electron chi connectivity index (χ1n) is 15.8. The van der Waals surface area contributed by atoms with E-state index in [1.54, 1.807) is 6.07 Å². The highest BCUT2D eigenvalue weighted by Gasteiger charge is 2.44. The standard InChI is InChI=1S/C34H43F5O3/c1-2-3-4-5-22-6-8-23(9-7-22)26-20-40-33(41-21-26)25-12-16-29(31(36)18-25)24-10-13-27(14-11-24)34(38,39)42-28-15-17-30(35)32(37)19-28/h12,15-19,22-24,26-27,33H,2-11,13-14,20-21H2,1H3. The molecule has 0 radical (unpaired) electrons. The van der Waals surface area contributed by atoms with E-state index in [-0.39, 0.29) is 24.6 Å². The molecular weight excluding hydrogens is 551 g/mol. The van der Waals surface area contributed by atoms with Gasteiger partial charge in [-0.1, -0.05) is 57.6 Å². The summed E-state index contributed by atoms with van der Waals surface area (Å²) < 4.78 is 88.2. The van der Waals surface area contributed by atoms with Crippen molar-refractivity contribution >= 4 is 0 Å². The van der Waals surface area contributed by atoms with Crippen molar-refractivity contribution in [2.75, 3.05) is 13.2 Å². The van der Waals surface area contributed by atoms with Crippen LogP contribution in [0.1, 0.15) is 107 Å². The smallest absolute Gasteiger partial charge is 0.400 e. The molecule has 8 heteroatoms. The van der Waals surface area contributed by atoms with Gasteiger partial charge in [0.25, 0.3) is 0 Å². The van der Waals surface area contributed by atoms with Gasteiger partial charge in [-0.3, -0.25) is 0 Å². The molecule has 3 nitrogen and oxygen atoms in total. The van der Waals surface area contributed by atoms with Crippen molar-refractivity contribution in [3.8, 4) is 5.75 Å². The van der Waals surface area contributed by atoms with Crippen LogP contribution >= 0.6 is 0 Å². The van der Waals surface area contributed by atoms with Gasteiger partial charge in [0.05, 0.1) is 19.1 Å². The maximum absolute atomic E-state index is 15.2. The Labute approximate surface area is 246 Å². The van der Waals surface area contributed by atoms with Crippen molar-refractivity contribution in [3.05, 3.63) is 65.0 Å². The van der Waals surface area contributed by atoms with Crippen LogP contribution < -0.4 is 4.74 Å². The van der Waals surface area contributed by atoms with Gasteiger partial charge in [0.2, 0.25) is 0 Å². The zero-order valence-corrected chi connectivity index (χ0v) is 24.4. The molecular formula is C34H43F5O3. The van der Waals surface area contributed by atoms with Gasteiger partial charge in [-0.2, -0.15) is 8.78 Å². The zero-order chi connectivity index (χ0) is 29.7. The molecule has 0 N–H and O–H groups in total. The Kier molecular flexibility index (Phi) is 10.5. The Morgan fingerprint density at radius 3 is 2.12 bits per heavy atom. The van der Waals surface area contributed by atoms with E-state index in [2.05, 4.69) is 6.92 Å². The number of unbranched alkanes of at least 4 members (excludes halogenated alkanes) is 2. The SMILES string of the molecule is CCCCCC1CCC(C2COC(c3ccc(C4CCC(C(F)(F)Oc5ccc(F)c(F)c5)CC4)c(F)c3)OC2)CC1. The highest BCUT2D eigenvalue weighted by atomic mass is 19.3. The summed E-state index contributed by atoms with van der Waals surface area (Å²) in [6, 6.07) is 7.35. The van der Waals surface area contributed by atoms with Crippen LogP contribution in [0, 0.1) is 41.1 Å². The van der Waals surface area contributed by atoms with Crippen LogP contribution in [-0.4, -0.2) is 19.3 Å². The molecule has 0 amide bonds. The maximum Gasteiger partial charge on any atom is 0.400 e. The first kappa shape index (κ1) is 31.2. The molecule has 232 valence electrons. The van der Waals surface area contributed by atoms with Crippen LogP contribution in [0.3, 0.4) is 0 Å². The molecule has 42 heavy (non-hydrogen) atoms. The second kappa shape index (κ2) is 14.1. The largest absolute Gasteiger partial charge is 0.432 e. The second-order valence-corrected chi connectivity index (χ2v) is 12.6. The van der Waals surface area contributed by atoms with Crippen LogP contribution in [0.5, 0.6) is 5.75 Å². The molecule has 2 aliphatic carbocycles. The monoisotopic (exact) mass is 594 g/mol. The Bertz CT molecular complexity index is 1150. The van der Waals surface area contributed by atoms with E-state index in [4.69, 9.17) is 14.2 Å². The molecule has 1 aliphatic heterocycles. The average Bonchev–Trinajstić information content (AvgIpc) is 2.99. The maximum atomic E-state index is 15.2. The van der Waals surface area contributed by atoms with Crippen LogP contribution in [0.15, 0.2) is 36.4 Å². The van der Waals surface area contributed by atoms with E-state index in [1.165, 1.54) is 57.4 Å². The number of alkyl halides is 2. The van der Waals surface area contributed by atoms with E-state index in [1.807, 2.05) is 6.07 Å². The van der Waals surface area contributed by atoms with Crippen LogP contribution in [0.2, 0.25) is 0 Å². The molecule has 2 aromatic rings. The van der Waals surface area contributed by atoms with Gasteiger partial charge in [-0.15, -0.1) is 0 Å². The Balaban J connectivity index is 1.08. The lowest BCUT2D eigenvalue weighted by Crippen LogP contribution is -2.37. The fraction of sp³-hybridized carbons (Fsp3) is 0.647. The highest BCUT2D eigenvalue weighted by Crippen LogP contribution is 2.44. The van der Waals surface area contributed by atoms with E-state index in [9.17, 15) is 17.6 Å². The average molecular weight is 595 g/mol. The van der Waals surface area contributed by atoms with Gasteiger partial charge in [0.1, 0.15) is 11.6 Å². The molecule has 5 rings (SSSR count). The fourth-order valence-corrected chi connectivity index (χ4v) is 7.16. The van der Waals surface area contributed by atoms with Gasteiger partial charge in [0.15, 0.2) is 17.9 Å². The Morgan fingerprint density at radius 1 is 0.762 bits per heavy atom. The third-order valence-corrected chi connectivity index (χ3v) is 9.78. The minimum absolute atomic E-state index is 0.124. The molecule has 1 saturated heterocycles. The quantitative estimate of drug-likeness (QED) is 0.202.